The van der Waals surface area contributed by atoms with E-state index in [2.05, 4.69) is 4.98 Å². The molecular weight excluding hydrogens is 505 g/mol. The Bertz CT molecular complexity index is 1370. The highest BCUT2D eigenvalue weighted by Crippen LogP contribution is 2.40. The number of Topliss-reactive ketones (excluding diaryl/α,β-unsaturated/α-hetero) is 1. The van der Waals surface area contributed by atoms with Crippen molar-refractivity contribution in [2.24, 2.45) is 0 Å². The highest BCUT2D eigenvalue weighted by atomic mass is 35.5. The molecule has 4 rings (SSSR count). The minimum Gasteiger partial charge on any atom is -0.387 e. The number of benzene rings is 1. The molecule has 1 aliphatic heterocycles. The first-order valence-corrected chi connectivity index (χ1v) is 10.1. The van der Waals surface area contributed by atoms with E-state index in [1.807, 2.05) is 0 Å². The fraction of sp³-hybridized carbons (Fsp3) is 0.333. The molecule has 14 heteroatoms. The van der Waals surface area contributed by atoms with Crippen LogP contribution in [0.4, 0.5) is 33.5 Å². The number of likely N-dealkylation sites (N-methyl/N-ethyl adjacent to an activating group) is 1. The van der Waals surface area contributed by atoms with E-state index in [9.17, 15) is 46.5 Å². The largest absolute Gasteiger partial charge is 0.416 e. The predicted molar refractivity (Wildman–Crippen MR) is 110 cm³/mol. The second kappa shape index (κ2) is 8.50. The van der Waals surface area contributed by atoms with E-state index in [0.29, 0.717) is 12.1 Å². The highest BCUT2D eigenvalue weighted by Gasteiger charge is 2.53. The van der Waals surface area contributed by atoms with Crippen molar-refractivity contribution in [3.8, 4) is 0 Å². The number of hydrogen-bond donors (Lipinski definition) is 2. The second-order valence-corrected chi connectivity index (χ2v) is 8.16. The average molecular weight is 523 g/mol. The third-order valence-corrected chi connectivity index (χ3v) is 5.94. The Hall–Kier alpha value is -3.16. The van der Waals surface area contributed by atoms with Gasteiger partial charge in [0, 0.05) is 23.6 Å². The fourth-order valence-electron chi connectivity index (χ4n) is 3.97. The number of anilines is 2. The number of carbonyl (C=O) groups excluding carboxylic acids is 3. The van der Waals surface area contributed by atoms with E-state index in [1.165, 1.54) is 0 Å². The summed E-state index contributed by atoms with van der Waals surface area (Å²) in [6.07, 6.45) is -10.6. The van der Waals surface area contributed by atoms with E-state index in [0.717, 1.165) is 0 Å². The van der Waals surface area contributed by atoms with E-state index in [1.54, 1.807) is 0 Å². The molecule has 2 heterocycles. The zero-order valence-electron chi connectivity index (χ0n) is 20.1. The normalized spacial score (nSPS) is 23.7. The molecule has 0 saturated carbocycles. The Balaban J connectivity index is 1.90. The molecule has 2 amide bonds. The molecule has 0 bridgehead atoms. The van der Waals surface area contributed by atoms with Gasteiger partial charge >= 0.3 is 6.18 Å². The minimum atomic E-state index is -5.05. The van der Waals surface area contributed by atoms with Crippen molar-refractivity contribution in [3.05, 3.63) is 51.7 Å². The standard InChI is InChI=1S/C21H15ClF5N3O5/c1-29(12-5-9(22)10(23)6-11(12)24)19(34)16-17(32)18(33)20(35)30(16)14-4-8(21(25,26)27)7-2-3-13(31)15(7)28-14/h4-6,16-18,32-33H,2-3H2,1H3/i1D3. The molecule has 1 saturated heterocycles. The van der Waals surface area contributed by atoms with Crippen molar-refractivity contribution in [2.45, 2.75) is 37.3 Å². The van der Waals surface area contributed by atoms with Crippen LogP contribution in [0.1, 0.15) is 32.1 Å². The van der Waals surface area contributed by atoms with Crippen LogP contribution < -0.4 is 9.80 Å². The van der Waals surface area contributed by atoms with Gasteiger partial charge in [0.05, 0.1) is 16.3 Å². The lowest BCUT2D eigenvalue weighted by molar-refractivity contribution is -0.138. The molecule has 2 N–H and O–H groups in total. The molecule has 35 heavy (non-hydrogen) atoms. The predicted octanol–water partition coefficient (Wildman–Crippen LogP) is 2.26. The number of halogens is 6. The summed E-state index contributed by atoms with van der Waals surface area (Å²) in [4.78, 5) is 42.1. The van der Waals surface area contributed by atoms with Crippen LogP contribution in [0, 0.1) is 11.6 Å². The van der Waals surface area contributed by atoms with Crippen LogP contribution in [-0.2, 0) is 22.2 Å². The summed E-state index contributed by atoms with van der Waals surface area (Å²) in [6.45, 7) is -3.57. The number of nitrogens with zero attached hydrogens (tertiary/aromatic N) is 3. The SMILES string of the molecule is [2H]C([2H])([2H])N(C(=O)C1C(O)C(O)C(=O)N1c1cc(C(F)(F)F)c2c(n1)C(=O)CC2)c1cc(Cl)c(F)cc1F. The fourth-order valence-corrected chi connectivity index (χ4v) is 4.13. The molecule has 1 fully saturated rings. The first-order chi connectivity index (χ1) is 17.4. The van der Waals surface area contributed by atoms with Gasteiger partial charge in [-0.25, -0.2) is 13.8 Å². The molecule has 2 aliphatic rings. The summed E-state index contributed by atoms with van der Waals surface area (Å²) < 4.78 is 92.7. The summed E-state index contributed by atoms with van der Waals surface area (Å²) in [6, 6.07) is -1.54. The summed E-state index contributed by atoms with van der Waals surface area (Å²) in [5, 5.41) is 19.9. The van der Waals surface area contributed by atoms with Gasteiger partial charge in [-0.1, -0.05) is 11.6 Å². The van der Waals surface area contributed by atoms with Gasteiger partial charge in [-0.15, -0.1) is 0 Å². The third-order valence-electron chi connectivity index (χ3n) is 5.65. The molecular formula is C21H15ClF5N3O5. The lowest BCUT2D eigenvalue weighted by atomic mass is 10.1. The van der Waals surface area contributed by atoms with Crippen molar-refractivity contribution in [2.75, 3.05) is 16.8 Å². The smallest absolute Gasteiger partial charge is 0.387 e. The number of alkyl halides is 3. The van der Waals surface area contributed by atoms with E-state index >= 15 is 0 Å². The van der Waals surface area contributed by atoms with Gasteiger partial charge in [-0.05, 0) is 24.1 Å². The maximum atomic E-state index is 14.6. The number of aliphatic hydroxyl groups is 2. The second-order valence-electron chi connectivity index (χ2n) is 7.76. The van der Waals surface area contributed by atoms with Gasteiger partial charge < -0.3 is 15.1 Å². The summed E-state index contributed by atoms with van der Waals surface area (Å²) in [5.41, 5.74) is -3.61. The number of pyridine rings is 1. The summed E-state index contributed by atoms with van der Waals surface area (Å²) in [5.74, 6) is -8.06. The topological polar surface area (TPSA) is 111 Å². The van der Waals surface area contributed by atoms with Crippen molar-refractivity contribution in [1.29, 1.82) is 0 Å². The molecule has 0 spiro atoms. The number of hydrogen-bond acceptors (Lipinski definition) is 6. The van der Waals surface area contributed by atoms with Crippen LogP contribution in [-0.4, -0.2) is 58.0 Å². The van der Waals surface area contributed by atoms with Crippen molar-refractivity contribution >= 4 is 40.7 Å². The highest BCUT2D eigenvalue weighted by molar-refractivity contribution is 6.31. The maximum Gasteiger partial charge on any atom is 0.416 e. The van der Waals surface area contributed by atoms with Crippen LogP contribution in [0.3, 0.4) is 0 Å². The van der Waals surface area contributed by atoms with Gasteiger partial charge in [0.25, 0.3) is 11.8 Å². The first kappa shape index (κ1) is 21.1. The lowest BCUT2D eigenvalue weighted by Crippen LogP contribution is -2.50. The molecule has 2 aromatic rings. The number of ketones is 1. The van der Waals surface area contributed by atoms with Crippen molar-refractivity contribution < 1.29 is 50.7 Å². The molecule has 1 aliphatic carbocycles. The zero-order valence-corrected chi connectivity index (χ0v) is 17.9. The third kappa shape index (κ3) is 4.02. The average Bonchev–Trinajstić information content (AvgIpc) is 3.27. The van der Waals surface area contributed by atoms with Crippen LogP contribution in [0.2, 0.25) is 5.02 Å². The number of fused-ring (bicyclic) bond motifs is 1. The van der Waals surface area contributed by atoms with E-state index in [4.69, 9.17) is 15.7 Å². The van der Waals surface area contributed by atoms with Crippen LogP contribution >= 0.6 is 11.6 Å². The van der Waals surface area contributed by atoms with E-state index < -0.39 is 94.0 Å². The zero-order chi connectivity index (χ0) is 28.5. The van der Waals surface area contributed by atoms with Crippen molar-refractivity contribution in [1.82, 2.24) is 4.98 Å². The Labute approximate surface area is 202 Å². The Morgan fingerprint density at radius 2 is 1.89 bits per heavy atom. The number of aromatic nitrogens is 1. The number of aliphatic hydroxyl groups excluding tert-OH is 2. The Morgan fingerprint density at radius 1 is 1.20 bits per heavy atom. The number of amides is 2. The van der Waals surface area contributed by atoms with Gasteiger partial charge in [0.1, 0.15) is 35.3 Å². The van der Waals surface area contributed by atoms with Crippen LogP contribution in [0.5, 0.6) is 0 Å². The molecule has 3 unspecified atom stereocenters. The molecule has 3 atom stereocenters. The minimum absolute atomic E-state index is 0.112. The van der Waals surface area contributed by atoms with Crippen LogP contribution in [0.25, 0.3) is 0 Å². The first-order valence-electron chi connectivity index (χ1n) is 11.3. The van der Waals surface area contributed by atoms with Crippen molar-refractivity contribution in [3.63, 3.8) is 0 Å². The van der Waals surface area contributed by atoms with Gasteiger partial charge in [-0.2, -0.15) is 13.2 Å². The quantitative estimate of drug-likeness (QED) is 0.473. The lowest BCUT2D eigenvalue weighted by Gasteiger charge is -2.29. The maximum absolute atomic E-state index is 14.6. The van der Waals surface area contributed by atoms with E-state index in [-0.39, 0.29) is 28.7 Å². The number of rotatable bonds is 3. The Morgan fingerprint density at radius 3 is 2.51 bits per heavy atom. The summed E-state index contributed by atoms with van der Waals surface area (Å²) >= 11 is 5.61. The van der Waals surface area contributed by atoms with Crippen LogP contribution in [0.15, 0.2) is 18.2 Å². The van der Waals surface area contributed by atoms with Gasteiger partial charge in [-0.3, -0.25) is 19.3 Å². The Kier molecular flexibility index (Phi) is 5.14. The monoisotopic (exact) mass is 522 g/mol. The summed E-state index contributed by atoms with van der Waals surface area (Å²) in [7, 11) is 0. The van der Waals surface area contributed by atoms with Gasteiger partial charge in [0.2, 0.25) is 0 Å². The molecule has 1 aromatic carbocycles. The molecule has 186 valence electrons. The van der Waals surface area contributed by atoms with Gasteiger partial charge in [0.15, 0.2) is 11.9 Å². The number of carbonyl (C=O) groups is 3. The molecule has 0 radical (unpaired) electrons. The molecule has 1 aromatic heterocycles. The molecule has 8 nitrogen and oxygen atoms in total.